The molecule has 2 N–H and O–H groups in total. The van der Waals surface area contributed by atoms with E-state index in [9.17, 15) is 8.78 Å². The molecule has 0 aromatic heterocycles. The summed E-state index contributed by atoms with van der Waals surface area (Å²) in [6.45, 7) is 4.41. The number of nitrogens with one attached hydrogen (secondary N) is 2. The van der Waals surface area contributed by atoms with Crippen molar-refractivity contribution in [2.75, 3.05) is 33.3 Å². The van der Waals surface area contributed by atoms with E-state index in [4.69, 9.17) is 16.3 Å². The lowest BCUT2D eigenvalue weighted by Gasteiger charge is -2.32. The molecule has 1 heterocycles. The van der Waals surface area contributed by atoms with Gasteiger partial charge in [0.15, 0.2) is 5.96 Å². The zero-order valence-electron chi connectivity index (χ0n) is 15.3. The third kappa shape index (κ3) is 6.61. The zero-order chi connectivity index (χ0) is 18.9. The van der Waals surface area contributed by atoms with Crippen molar-refractivity contribution in [1.29, 1.82) is 0 Å². The highest BCUT2D eigenvalue weighted by molar-refractivity contribution is 6.30. The number of halogens is 3. The van der Waals surface area contributed by atoms with E-state index in [1.54, 1.807) is 13.2 Å². The number of methoxy groups -OCH3 is 1. The molecule has 1 aliphatic heterocycles. The zero-order valence-corrected chi connectivity index (χ0v) is 16.0. The Balaban J connectivity index is 1.93. The van der Waals surface area contributed by atoms with Crippen molar-refractivity contribution < 1.29 is 13.5 Å². The summed E-state index contributed by atoms with van der Waals surface area (Å²) in [5.41, 5.74) is 0.945. The summed E-state index contributed by atoms with van der Waals surface area (Å²) in [4.78, 5) is 6.43. The Kier molecular flexibility index (Phi) is 8.38. The van der Waals surface area contributed by atoms with Crippen LogP contribution < -0.4 is 15.4 Å². The molecule has 8 heteroatoms. The molecule has 26 heavy (non-hydrogen) atoms. The smallest absolute Gasteiger partial charge is 0.251 e. The Morgan fingerprint density at radius 2 is 2.12 bits per heavy atom. The Morgan fingerprint density at radius 3 is 2.73 bits per heavy atom. The predicted molar refractivity (Wildman–Crippen MR) is 101 cm³/mol. The number of hydrogen-bond donors (Lipinski definition) is 2. The number of rotatable bonds is 7. The average molecular weight is 389 g/mol. The van der Waals surface area contributed by atoms with Crippen LogP contribution >= 0.6 is 11.6 Å². The number of ether oxygens (including phenoxy) is 1. The van der Waals surface area contributed by atoms with Gasteiger partial charge >= 0.3 is 0 Å². The maximum Gasteiger partial charge on any atom is 0.251 e. The minimum absolute atomic E-state index is 0.142. The molecular weight excluding hydrogens is 362 g/mol. The van der Waals surface area contributed by atoms with E-state index in [1.807, 2.05) is 24.0 Å². The SMILES string of the molecule is CCNC(=NCc1ccc(Cl)cc1OC)NC1CCN(CC(F)F)CC1. The van der Waals surface area contributed by atoms with E-state index in [-0.39, 0.29) is 12.6 Å². The molecule has 1 saturated heterocycles. The van der Waals surface area contributed by atoms with E-state index in [1.165, 1.54) is 0 Å². The number of nitrogens with zero attached hydrogens (tertiary/aromatic N) is 2. The van der Waals surface area contributed by atoms with Gasteiger partial charge in [-0.1, -0.05) is 17.7 Å². The summed E-state index contributed by atoms with van der Waals surface area (Å²) in [6.07, 6.45) is -0.629. The number of hydrogen-bond acceptors (Lipinski definition) is 3. The number of aliphatic imine (C=N–C) groups is 1. The van der Waals surface area contributed by atoms with Gasteiger partial charge in [0.2, 0.25) is 0 Å². The van der Waals surface area contributed by atoms with E-state index in [0.717, 1.165) is 30.9 Å². The number of guanidine groups is 1. The van der Waals surface area contributed by atoms with Crippen LogP contribution in [0, 0.1) is 0 Å². The molecule has 1 aromatic rings. The first kappa shape index (κ1) is 20.7. The summed E-state index contributed by atoms with van der Waals surface area (Å²) in [5.74, 6) is 1.43. The molecule has 0 unspecified atom stereocenters. The molecule has 0 bridgehead atoms. The number of likely N-dealkylation sites (tertiary alicyclic amines) is 1. The van der Waals surface area contributed by atoms with Gasteiger partial charge < -0.3 is 15.4 Å². The first-order chi connectivity index (χ1) is 12.5. The van der Waals surface area contributed by atoms with E-state index >= 15 is 0 Å². The Morgan fingerprint density at radius 1 is 1.38 bits per heavy atom. The third-order valence-electron chi connectivity index (χ3n) is 4.33. The first-order valence-corrected chi connectivity index (χ1v) is 9.27. The highest BCUT2D eigenvalue weighted by atomic mass is 35.5. The first-order valence-electron chi connectivity index (χ1n) is 8.89. The summed E-state index contributed by atoms with van der Waals surface area (Å²) in [5, 5.41) is 7.26. The number of benzene rings is 1. The third-order valence-corrected chi connectivity index (χ3v) is 4.56. The van der Waals surface area contributed by atoms with Gasteiger partial charge in [-0.25, -0.2) is 13.8 Å². The van der Waals surface area contributed by atoms with E-state index in [0.29, 0.717) is 30.4 Å². The fourth-order valence-electron chi connectivity index (χ4n) is 2.98. The van der Waals surface area contributed by atoms with Crippen LogP contribution in [-0.2, 0) is 6.54 Å². The molecule has 0 aliphatic carbocycles. The second kappa shape index (κ2) is 10.5. The normalized spacial score (nSPS) is 16.8. The van der Waals surface area contributed by atoms with Gasteiger partial charge in [-0.2, -0.15) is 0 Å². The molecule has 0 saturated carbocycles. The van der Waals surface area contributed by atoms with Crippen molar-refractivity contribution in [2.24, 2.45) is 4.99 Å². The maximum atomic E-state index is 12.5. The summed E-state index contributed by atoms with van der Waals surface area (Å²) >= 11 is 5.99. The van der Waals surface area contributed by atoms with Crippen molar-refractivity contribution in [3.63, 3.8) is 0 Å². The second-order valence-corrected chi connectivity index (χ2v) is 6.70. The highest BCUT2D eigenvalue weighted by Crippen LogP contribution is 2.23. The lowest BCUT2D eigenvalue weighted by Crippen LogP contribution is -2.49. The van der Waals surface area contributed by atoms with Crippen molar-refractivity contribution in [2.45, 2.75) is 38.8 Å². The number of piperidine rings is 1. The van der Waals surface area contributed by atoms with Crippen LogP contribution in [0.2, 0.25) is 5.02 Å². The van der Waals surface area contributed by atoms with Crippen LogP contribution in [0.4, 0.5) is 8.78 Å². The van der Waals surface area contributed by atoms with Gasteiger partial charge in [0, 0.05) is 36.3 Å². The Hall–Kier alpha value is -1.60. The van der Waals surface area contributed by atoms with Gasteiger partial charge in [-0.3, -0.25) is 4.90 Å². The summed E-state index contributed by atoms with van der Waals surface area (Å²) < 4.78 is 30.3. The molecule has 1 aliphatic rings. The van der Waals surface area contributed by atoms with Gasteiger partial charge in [-0.05, 0) is 31.9 Å². The summed E-state index contributed by atoms with van der Waals surface area (Å²) in [7, 11) is 1.61. The predicted octanol–water partition coefficient (Wildman–Crippen LogP) is 3.13. The number of alkyl halides is 2. The maximum absolute atomic E-state index is 12.5. The van der Waals surface area contributed by atoms with Crippen LogP contribution in [0.1, 0.15) is 25.3 Å². The second-order valence-electron chi connectivity index (χ2n) is 6.26. The molecule has 146 valence electrons. The van der Waals surface area contributed by atoms with Gasteiger partial charge in [0.1, 0.15) is 5.75 Å². The molecule has 2 rings (SSSR count). The molecule has 0 spiro atoms. The lowest BCUT2D eigenvalue weighted by atomic mass is 10.1. The Bertz CT molecular complexity index is 593. The van der Waals surface area contributed by atoms with Gasteiger partial charge in [-0.15, -0.1) is 0 Å². The quantitative estimate of drug-likeness (QED) is 0.556. The standard InChI is InChI=1S/C18H27ClF2N4O/c1-3-22-18(23-11-13-4-5-14(19)10-16(13)26-2)24-15-6-8-25(9-7-15)12-17(20)21/h4-5,10,15,17H,3,6-9,11-12H2,1-2H3,(H2,22,23,24). The molecule has 5 nitrogen and oxygen atoms in total. The molecular formula is C18H27ClF2N4O. The van der Waals surface area contributed by atoms with E-state index in [2.05, 4.69) is 15.6 Å². The van der Waals surface area contributed by atoms with Crippen LogP contribution in [0.5, 0.6) is 5.75 Å². The molecule has 0 amide bonds. The van der Waals surface area contributed by atoms with E-state index < -0.39 is 6.43 Å². The lowest BCUT2D eigenvalue weighted by molar-refractivity contribution is 0.0744. The van der Waals surface area contributed by atoms with Gasteiger partial charge in [0.05, 0.1) is 20.2 Å². The van der Waals surface area contributed by atoms with Crippen molar-refractivity contribution in [3.05, 3.63) is 28.8 Å². The average Bonchev–Trinajstić information content (AvgIpc) is 2.61. The Labute approximate surface area is 158 Å². The minimum Gasteiger partial charge on any atom is -0.496 e. The molecule has 1 aromatic carbocycles. The molecule has 0 radical (unpaired) electrons. The monoisotopic (exact) mass is 388 g/mol. The van der Waals surface area contributed by atoms with Crippen LogP contribution in [-0.4, -0.2) is 56.6 Å². The van der Waals surface area contributed by atoms with Crippen LogP contribution in [0.3, 0.4) is 0 Å². The fraction of sp³-hybridized carbons (Fsp3) is 0.611. The van der Waals surface area contributed by atoms with Crippen molar-refractivity contribution in [3.8, 4) is 5.75 Å². The largest absolute Gasteiger partial charge is 0.496 e. The topological polar surface area (TPSA) is 48.9 Å². The van der Waals surface area contributed by atoms with Crippen LogP contribution in [0.25, 0.3) is 0 Å². The molecule has 0 atom stereocenters. The van der Waals surface area contributed by atoms with Crippen LogP contribution in [0.15, 0.2) is 23.2 Å². The van der Waals surface area contributed by atoms with Crippen molar-refractivity contribution in [1.82, 2.24) is 15.5 Å². The molecule has 1 fully saturated rings. The fourth-order valence-corrected chi connectivity index (χ4v) is 3.14. The summed E-state index contributed by atoms with van der Waals surface area (Å²) in [6, 6.07) is 5.71. The highest BCUT2D eigenvalue weighted by Gasteiger charge is 2.22. The van der Waals surface area contributed by atoms with Crippen molar-refractivity contribution >= 4 is 17.6 Å². The minimum atomic E-state index is -2.27. The van der Waals surface area contributed by atoms with Gasteiger partial charge in [0.25, 0.3) is 6.43 Å².